The van der Waals surface area contributed by atoms with Gasteiger partial charge in [-0.15, -0.1) is 0 Å². The molecule has 0 atom stereocenters. The fraction of sp³-hybridized carbons (Fsp3) is 0.214. The maximum atomic E-state index is 13.2. The smallest absolute Gasteiger partial charge is 0.218 e. The van der Waals surface area contributed by atoms with Crippen molar-refractivity contribution in [1.29, 1.82) is 0 Å². The highest BCUT2D eigenvalue weighted by atomic mass is 19.1. The predicted molar refractivity (Wildman–Crippen MR) is 71.1 cm³/mol. The Morgan fingerprint density at radius 3 is 2.37 bits per heavy atom. The van der Waals surface area contributed by atoms with Crippen LogP contribution in [0.2, 0.25) is 0 Å². The van der Waals surface area contributed by atoms with Crippen LogP contribution in [0.5, 0.6) is 11.5 Å². The average molecular weight is 262 g/mol. The number of pyridine rings is 1. The number of aromatic nitrogens is 1. The number of ether oxygens (including phenoxy) is 2. The highest BCUT2D eigenvalue weighted by Crippen LogP contribution is 2.17. The number of hydrogen-bond donors (Lipinski definition) is 1. The molecule has 0 radical (unpaired) electrons. The fourth-order valence-electron chi connectivity index (χ4n) is 1.62. The third-order valence-electron chi connectivity index (χ3n) is 2.64. The minimum absolute atomic E-state index is 0.435. The number of anilines is 1. The number of benzene rings is 1. The van der Waals surface area contributed by atoms with Gasteiger partial charge in [0.1, 0.15) is 17.3 Å². The highest BCUT2D eigenvalue weighted by molar-refractivity contribution is 5.42. The molecule has 100 valence electrons. The van der Waals surface area contributed by atoms with Crippen molar-refractivity contribution in [3.05, 3.63) is 47.9 Å². The van der Waals surface area contributed by atoms with Gasteiger partial charge in [0.2, 0.25) is 5.95 Å². The molecule has 2 aromatic rings. The van der Waals surface area contributed by atoms with Gasteiger partial charge in [0.25, 0.3) is 0 Å². The third kappa shape index (κ3) is 3.58. The molecular formula is C14H15FN2O2. The molecule has 1 aromatic heterocycles. The van der Waals surface area contributed by atoms with Gasteiger partial charge in [0.05, 0.1) is 14.2 Å². The summed E-state index contributed by atoms with van der Waals surface area (Å²) < 4.78 is 23.3. The Balaban J connectivity index is 2.03. The zero-order chi connectivity index (χ0) is 13.7. The van der Waals surface area contributed by atoms with E-state index in [-0.39, 0.29) is 0 Å². The van der Waals surface area contributed by atoms with Crippen LogP contribution in [-0.4, -0.2) is 19.2 Å². The van der Waals surface area contributed by atoms with Crippen LogP contribution in [0.15, 0.2) is 36.4 Å². The van der Waals surface area contributed by atoms with Gasteiger partial charge in [-0.25, -0.2) is 4.98 Å². The van der Waals surface area contributed by atoms with E-state index in [4.69, 9.17) is 9.47 Å². The van der Waals surface area contributed by atoms with Crippen LogP contribution in [0, 0.1) is 5.95 Å². The Bertz CT molecular complexity index is 544. The standard InChI is InChI=1S/C14H15FN2O2/c1-18-11-5-3-10(4-6-11)9-16-14-8-12(19-2)7-13(15)17-14/h3-8H,9H2,1-2H3,(H,16,17). The summed E-state index contributed by atoms with van der Waals surface area (Å²) in [6, 6.07) is 10.5. The Hall–Kier alpha value is -2.30. The predicted octanol–water partition coefficient (Wildman–Crippen LogP) is 2.85. The van der Waals surface area contributed by atoms with Crippen LogP contribution < -0.4 is 14.8 Å². The Labute approximate surface area is 111 Å². The molecule has 0 fully saturated rings. The second kappa shape index (κ2) is 6.04. The second-order valence-corrected chi connectivity index (χ2v) is 3.92. The van der Waals surface area contributed by atoms with E-state index in [1.165, 1.54) is 13.2 Å². The molecule has 0 aliphatic carbocycles. The van der Waals surface area contributed by atoms with Gasteiger partial charge in [-0.2, -0.15) is 4.39 Å². The zero-order valence-corrected chi connectivity index (χ0v) is 10.8. The summed E-state index contributed by atoms with van der Waals surface area (Å²) >= 11 is 0. The number of rotatable bonds is 5. The molecule has 0 spiro atoms. The van der Waals surface area contributed by atoms with Crippen LogP contribution >= 0.6 is 0 Å². The van der Waals surface area contributed by atoms with Crippen molar-refractivity contribution in [3.63, 3.8) is 0 Å². The molecule has 2 rings (SSSR count). The van der Waals surface area contributed by atoms with Gasteiger partial charge in [0.15, 0.2) is 0 Å². The molecule has 0 aliphatic rings. The molecule has 1 N–H and O–H groups in total. The van der Waals surface area contributed by atoms with Crippen molar-refractivity contribution in [1.82, 2.24) is 4.98 Å². The van der Waals surface area contributed by atoms with Crippen molar-refractivity contribution >= 4 is 5.82 Å². The Morgan fingerprint density at radius 2 is 1.74 bits per heavy atom. The van der Waals surface area contributed by atoms with Gasteiger partial charge in [-0.1, -0.05) is 12.1 Å². The minimum Gasteiger partial charge on any atom is -0.497 e. The lowest BCUT2D eigenvalue weighted by molar-refractivity contribution is 0.409. The molecule has 0 aliphatic heterocycles. The Kier molecular flexibility index (Phi) is 4.18. The normalized spacial score (nSPS) is 10.1. The van der Waals surface area contributed by atoms with E-state index in [1.807, 2.05) is 24.3 Å². The molecule has 0 saturated carbocycles. The van der Waals surface area contributed by atoms with E-state index in [9.17, 15) is 4.39 Å². The van der Waals surface area contributed by atoms with Crippen LogP contribution in [0.25, 0.3) is 0 Å². The molecular weight excluding hydrogens is 247 g/mol. The lowest BCUT2D eigenvalue weighted by Crippen LogP contribution is -2.02. The summed E-state index contributed by atoms with van der Waals surface area (Å²) in [5, 5.41) is 3.04. The van der Waals surface area contributed by atoms with Gasteiger partial charge in [0, 0.05) is 18.7 Å². The quantitative estimate of drug-likeness (QED) is 0.841. The fourth-order valence-corrected chi connectivity index (χ4v) is 1.62. The lowest BCUT2D eigenvalue weighted by atomic mass is 10.2. The van der Waals surface area contributed by atoms with Gasteiger partial charge < -0.3 is 14.8 Å². The van der Waals surface area contributed by atoms with Gasteiger partial charge in [-0.05, 0) is 17.7 Å². The van der Waals surface area contributed by atoms with Crippen LogP contribution in [0.1, 0.15) is 5.56 Å². The van der Waals surface area contributed by atoms with Crippen molar-refractivity contribution < 1.29 is 13.9 Å². The molecule has 1 aromatic carbocycles. The van der Waals surface area contributed by atoms with E-state index >= 15 is 0 Å². The first-order valence-corrected chi connectivity index (χ1v) is 5.79. The van der Waals surface area contributed by atoms with E-state index in [1.54, 1.807) is 13.2 Å². The first-order chi connectivity index (χ1) is 9.21. The monoisotopic (exact) mass is 262 g/mol. The topological polar surface area (TPSA) is 43.4 Å². The van der Waals surface area contributed by atoms with Crippen LogP contribution in [0.3, 0.4) is 0 Å². The molecule has 0 unspecified atom stereocenters. The summed E-state index contributed by atoms with van der Waals surface area (Å²) in [5.74, 6) is 1.10. The molecule has 1 heterocycles. The first-order valence-electron chi connectivity index (χ1n) is 5.79. The summed E-state index contributed by atoms with van der Waals surface area (Å²) in [6.07, 6.45) is 0. The summed E-state index contributed by atoms with van der Waals surface area (Å²) in [4.78, 5) is 3.75. The van der Waals surface area contributed by atoms with Crippen LogP contribution in [-0.2, 0) is 6.54 Å². The maximum absolute atomic E-state index is 13.2. The number of methoxy groups -OCH3 is 2. The molecule has 0 bridgehead atoms. The van der Waals surface area contributed by atoms with Gasteiger partial charge >= 0.3 is 0 Å². The molecule has 0 saturated heterocycles. The number of hydrogen-bond acceptors (Lipinski definition) is 4. The first kappa shape index (κ1) is 13.1. The molecule has 19 heavy (non-hydrogen) atoms. The van der Waals surface area contributed by atoms with Crippen molar-refractivity contribution in [2.75, 3.05) is 19.5 Å². The summed E-state index contributed by atoms with van der Waals surface area (Å²) in [7, 11) is 3.11. The van der Waals surface area contributed by atoms with Crippen molar-refractivity contribution in [2.45, 2.75) is 6.54 Å². The van der Waals surface area contributed by atoms with E-state index in [0.29, 0.717) is 18.1 Å². The average Bonchev–Trinajstić information content (AvgIpc) is 2.45. The largest absolute Gasteiger partial charge is 0.497 e. The van der Waals surface area contributed by atoms with Crippen molar-refractivity contribution in [3.8, 4) is 11.5 Å². The van der Waals surface area contributed by atoms with Gasteiger partial charge in [-0.3, -0.25) is 0 Å². The molecule has 4 nitrogen and oxygen atoms in total. The summed E-state index contributed by atoms with van der Waals surface area (Å²) in [6.45, 7) is 0.545. The Morgan fingerprint density at radius 1 is 1.05 bits per heavy atom. The number of halogens is 1. The second-order valence-electron chi connectivity index (χ2n) is 3.92. The molecule has 5 heteroatoms. The molecule has 0 amide bonds. The van der Waals surface area contributed by atoms with E-state index in [0.717, 1.165) is 11.3 Å². The van der Waals surface area contributed by atoms with Crippen molar-refractivity contribution in [2.24, 2.45) is 0 Å². The lowest BCUT2D eigenvalue weighted by Gasteiger charge is -2.08. The maximum Gasteiger partial charge on any atom is 0.218 e. The summed E-state index contributed by atoms with van der Waals surface area (Å²) in [5.41, 5.74) is 1.05. The van der Waals surface area contributed by atoms with Crippen LogP contribution in [0.4, 0.5) is 10.2 Å². The highest BCUT2D eigenvalue weighted by Gasteiger charge is 2.02. The SMILES string of the molecule is COc1ccc(CNc2cc(OC)cc(F)n2)cc1. The third-order valence-corrected chi connectivity index (χ3v) is 2.64. The number of nitrogens with zero attached hydrogens (tertiary/aromatic N) is 1. The zero-order valence-electron chi connectivity index (χ0n) is 10.8. The van der Waals surface area contributed by atoms with E-state index in [2.05, 4.69) is 10.3 Å². The van der Waals surface area contributed by atoms with E-state index < -0.39 is 5.95 Å². The minimum atomic E-state index is -0.573. The number of nitrogens with one attached hydrogen (secondary N) is 1.